The zero-order valence-corrected chi connectivity index (χ0v) is 14.8. The van der Waals surface area contributed by atoms with E-state index < -0.39 is 0 Å². The Hall–Kier alpha value is -2.32. The SMILES string of the molecule is COc1ccc(-c2nc3c(C)cc(Br)cn3c2CC#N)cc1C. The van der Waals surface area contributed by atoms with Crippen LogP contribution in [0.25, 0.3) is 16.9 Å². The Morgan fingerprint density at radius 1 is 1.26 bits per heavy atom. The Morgan fingerprint density at radius 3 is 2.70 bits per heavy atom. The number of hydrogen-bond acceptors (Lipinski definition) is 3. The average Bonchev–Trinajstić information content (AvgIpc) is 2.87. The summed E-state index contributed by atoms with van der Waals surface area (Å²) in [5.74, 6) is 0.846. The zero-order valence-electron chi connectivity index (χ0n) is 13.2. The molecule has 1 aromatic carbocycles. The number of methoxy groups -OCH3 is 1. The molecule has 0 unspecified atom stereocenters. The first kappa shape index (κ1) is 15.6. The number of pyridine rings is 1. The van der Waals surface area contributed by atoms with Gasteiger partial charge in [-0.05, 0) is 65.2 Å². The molecule has 0 bridgehead atoms. The third-order valence-corrected chi connectivity index (χ3v) is 4.32. The Bertz CT molecular complexity index is 938. The highest BCUT2D eigenvalue weighted by Crippen LogP contribution is 2.30. The molecule has 4 nitrogen and oxygen atoms in total. The van der Waals surface area contributed by atoms with E-state index in [1.165, 1.54) is 0 Å². The minimum absolute atomic E-state index is 0.303. The summed E-state index contributed by atoms with van der Waals surface area (Å²) >= 11 is 3.52. The maximum atomic E-state index is 9.22. The van der Waals surface area contributed by atoms with Crippen LogP contribution in [0.1, 0.15) is 16.8 Å². The standard InChI is InChI=1S/C18H16BrN3O/c1-11-8-13(4-5-16(11)23-3)17-15(6-7-20)22-10-14(19)9-12(2)18(22)21-17/h4-5,8-10H,6H2,1-3H3. The molecule has 0 atom stereocenters. The van der Waals surface area contributed by atoms with Crippen molar-refractivity contribution in [3.05, 3.63) is 51.8 Å². The molecule has 0 amide bonds. The second kappa shape index (κ2) is 6.05. The first-order valence-corrected chi connectivity index (χ1v) is 8.03. The number of benzene rings is 1. The predicted octanol–water partition coefficient (Wildman–Crippen LogP) is 4.46. The lowest BCUT2D eigenvalue weighted by molar-refractivity contribution is 0.412. The van der Waals surface area contributed by atoms with Gasteiger partial charge in [-0.15, -0.1) is 0 Å². The van der Waals surface area contributed by atoms with Crippen LogP contribution in [-0.4, -0.2) is 16.5 Å². The van der Waals surface area contributed by atoms with Crippen molar-refractivity contribution in [3.63, 3.8) is 0 Å². The van der Waals surface area contributed by atoms with Crippen LogP contribution in [0.15, 0.2) is 34.9 Å². The Morgan fingerprint density at radius 2 is 2.04 bits per heavy atom. The van der Waals surface area contributed by atoms with E-state index in [0.717, 1.165) is 43.9 Å². The molecule has 0 aliphatic carbocycles. The van der Waals surface area contributed by atoms with Gasteiger partial charge >= 0.3 is 0 Å². The predicted molar refractivity (Wildman–Crippen MR) is 93.7 cm³/mol. The second-order valence-electron chi connectivity index (χ2n) is 5.46. The van der Waals surface area contributed by atoms with Crippen LogP contribution in [-0.2, 0) is 6.42 Å². The largest absolute Gasteiger partial charge is 0.496 e. The van der Waals surface area contributed by atoms with Crippen LogP contribution >= 0.6 is 15.9 Å². The molecule has 0 N–H and O–H groups in total. The smallest absolute Gasteiger partial charge is 0.140 e. The number of nitrogens with zero attached hydrogens (tertiary/aromatic N) is 3. The highest BCUT2D eigenvalue weighted by atomic mass is 79.9. The third kappa shape index (κ3) is 2.71. The summed E-state index contributed by atoms with van der Waals surface area (Å²) in [5, 5.41) is 9.22. The summed E-state index contributed by atoms with van der Waals surface area (Å²) in [4.78, 5) is 4.79. The van der Waals surface area contributed by atoms with Gasteiger partial charge in [-0.2, -0.15) is 5.26 Å². The monoisotopic (exact) mass is 369 g/mol. The highest BCUT2D eigenvalue weighted by Gasteiger charge is 2.16. The molecule has 2 aromatic heterocycles. The molecule has 0 aliphatic heterocycles. The summed E-state index contributed by atoms with van der Waals surface area (Å²) < 4.78 is 8.29. The molecule has 3 aromatic rings. The quantitative estimate of drug-likeness (QED) is 0.684. The average molecular weight is 370 g/mol. The topological polar surface area (TPSA) is 50.3 Å². The minimum Gasteiger partial charge on any atom is -0.496 e. The molecule has 0 fully saturated rings. The van der Waals surface area contributed by atoms with Crippen LogP contribution in [0.2, 0.25) is 0 Å². The van der Waals surface area contributed by atoms with Crippen LogP contribution in [0, 0.1) is 25.2 Å². The van der Waals surface area contributed by atoms with Gasteiger partial charge in [0.25, 0.3) is 0 Å². The number of aryl methyl sites for hydroxylation is 2. The van der Waals surface area contributed by atoms with Crippen molar-refractivity contribution in [2.45, 2.75) is 20.3 Å². The summed E-state index contributed by atoms with van der Waals surface area (Å²) in [6.07, 6.45) is 2.26. The molecule has 116 valence electrons. The van der Waals surface area contributed by atoms with Gasteiger partial charge in [0, 0.05) is 16.2 Å². The van der Waals surface area contributed by atoms with Crippen LogP contribution in [0.5, 0.6) is 5.75 Å². The molecule has 23 heavy (non-hydrogen) atoms. The molecule has 0 radical (unpaired) electrons. The van der Waals surface area contributed by atoms with Crippen molar-refractivity contribution >= 4 is 21.6 Å². The number of imidazole rings is 1. The van der Waals surface area contributed by atoms with E-state index in [1.807, 2.05) is 48.7 Å². The van der Waals surface area contributed by atoms with Gasteiger partial charge in [0.1, 0.15) is 11.4 Å². The maximum absolute atomic E-state index is 9.22. The molecule has 2 heterocycles. The summed E-state index contributed by atoms with van der Waals surface area (Å²) in [6.45, 7) is 4.02. The lowest BCUT2D eigenvalue weighted by Crippen LogP contribution is -1.95. The van der Waals surface area contributed by atoms with E-state index in [1.54, 1.807) is 7.11 Å². The van der Waals surface area contributed by atoms with E-state index in [0.29, 0.717) is 6.42 Å². The Balaban J connectivity index is 2.28. The molecule has 0 spiro atoms. The maximum Gasteiger partial charge on any atom is 0.140 e. The van der Waals surface area contributed by atoms with Crippen molar-refractivity contribution in [2.24, 2.45) is 0 Å². The van der Waals surface area contributed by atoms with E-state index >= 15 is 0 Å². The van der Waals surface area contributed by atoms with Gasteiger partial charge in [-0.25, -0.2) is 4.98 Å². The Kier molecular flexibility index (Phi) is 4.10. The zero-order chi connectivity index (χ0) is 16.6. The number of ether oxygens (including phenoxy) is 1. The van der Waals surface area contributed by atoms with E-state index in [9.17, 15) is 5.26 Å². The van der Waals surface area contributed by atoms with Crippen molar-refractivity contribution in [1.29, 1.82) is 5.26 Å². The number of nitriles is 1. The first-order valence-electron chi connectivity index (χ1n) is 7.24. The molecule has 0 saturated carbocycles. The van der Waals surface area contributed by atoms with Gasteiger partial charge < -0.3 is 9.14 Å². The van der Waals surface area contributed by atoms with E-state index in [4.69, 9.17) is 9.72 Å². The molecule has 0 aliphatic rings. The van der Waals surface area contributed by atoms with Gasteiger partial charge in [0.2, 0.25) is 0 Å². The fourth-order valence-electron chi connectivity index (χ4n) is 2.82. The molecular formula is C18H16BrN3O. The van der Waals surface area contributed by atoms with Crippen molar-refractivity contribution in [3.8, 4) is 23.1 Å². The second-order valence-corrected chi connectivity index (χ2v) is 6.38. The van der Waals surface area contributed by atoms with Gasteiger partial charge in [-0.1, -0.05) is 0 Å². The van der Waals surface area contributed by atoms with Gasteiger partial charge in [-0.3, -0.25) is 0 Å². The number of fused-ring (bicyclic) bond motifs is 1. The van der Waals surface area contributed by atoms with Gasteiger partial charge in [0.05, 0.1) is 31.0 Å². The van der Waals surface area contributed by atoms with Gasteiger partial charge in [0.15, 0.2) is 0 Å². The lowest BCUT2D eigenvalue weighted by atomic mass is 10.1. The van der Waals surface area contributed by atoms with Crippen LogP contribution < -0.4 is 4.74 Å². The minimum atomic E-state index is 0.303. The summed E-state index contributed by atoms with van der Waals surface area (Å²) in [5.41, 5.74) is 5.72. The molecule has 0 saturated heterocycles. The fraction of sp³-hybridized carbons (Fsp3) is 0.222. The normalized spacial score (nSPS) is 10.7. The van der Waals surface area contributed by atoms with Crippen LogP contribution in [0.3, 0.4) is 0 Å². The van der Waals surface area contributed by atoms with Crippen molar-refractivity contribution in [2.75, 3.05) is 7.11 Å². The third-order valence-electron chi connectivity index (χ3n) is 3.88. The van der Waals surface area contributed by atoms with Crippen molar-refractivity contribution < 1.29 is 4.74 Å². The lowest BCUT2D eigenvalue weighted by Gasteiger charge is -2.07. The highest BCUT2D eigenvalue weighted by molar-refractivity contribution is 9.10. The Labute approximate surface area is 143 Å². The number of halogens is 1. The molecule has 3 rings (SSSR count). The number of rotatable bonds is 3. The summed E-state index contributed by atoms with van der Waals surface area (Å²) in [7, 11) is 1.66. The molecular weight excluding hydrogens is 354 g/mol. The number of aromatic nitrogens is 2. The first-order chi connectivity index (χ1) is 11.0. The van der Waals surface area contributed by atoms with Crippen LogP contribution in [0.4, 0.5) is 0 Å². The number of hydrogen-bond donors (Lipinski definition) is 0. The fourth-order valence-corrected chi connectivity index (χ4v) is 3.36. The van der Waals surface area contributed by atoms with Crippen molar-refractivity contribution in [1.82, 2.24) is 9.38 Å². The van der Waals surface area contributed by atoms with E-state index in [2.05, 4.69) is 22.0 Å². The summed E-state index contributed by atoms with van der Waals surface area (Å²) in [6, 6.07) is 10.2. The van der Waals surface area contributed by atoms with E-state index in [-0.39, 0.29) is 0 Å². The molecule has 5 heteroatoms.